The highest BCUT2D eigenvalue weighted by atomic mass is 35.5. The normalized spacial score (nSPS) is 13.1. The highest BCUT2D eigenvalue weighted by molar-refractivity contribution is 6.31. The van der Waals surface area contributed by atoms with E-state index in [1.807, 2.05) is 12.1 Å². The topological polar surface area (TPSA) is 56.0 Å². The number of nitrogens with zero attached hydrogens (tertiary/aromatic N) is 3. The molecule has 4 rings (SSSR count). The Hall–Kier alpha value is -3.14. The first-order valence-corrected chi connectivity index (χ1v) is 13.0. The molecule has 0 saturated heterocycles. The maximum atomic E-state index is 12.2. The Morgan fingerprint density at radius 1 is 1.17 bits per heavy atom. The van der Waals surface area contributed by atoms with E-state index < -0.39 is 0 Å². The third-order valence-electron chi connectivity index (χ3n) is 6.53. The molecule has 1 aromatic heterocycles. The quantitative estimate of drug-likeness (QED) is 0.181. The lowest BCUT2D eigenvalue weighted by atomic mass is 10.0. The fourth-order valence-electron chi connectivity index (χ4n) is 4.23. The minimum Gasteiger partial charge on any atom is -0.504 e. The van der Waals surface area contributed by atoms with Gasteiger partial charge in [0.1, 0.15) is 23.0 Å². The summed E-state index contributed by atoms with van der Waals surface area (Å²) in [5.41, 5.74) is 1.92. The lowest BCUT2D eigenvalue weighted by Gasteiger charge is -2.18. The molecule has 1 aliphatic rings. The van der Waals surface area contributed by atoms with Crippen LogP contribution in [0.25, 0.3) is 15.7 Å². The number of Topliss-reactive ketones (excluding diaryl/α,β-unsaturated/α-hetero) is 1. The largest absolute Gasteiger partial charge is 0.504 e. The second kappa shape index (κ2) is 12.2. The van der Waals surface area contributed by atoms with E-state index in [1.54, 1.807) is 30.5 Å². The van der Waals surface area contributed by atoms with Crippen LogP contribution in [-0.4, -0.2) is 41.9 Å². The Morgan fingerprint density at radius 3 is 2.67 bits per heavy atom. The van der Waals surface area contributed by atoms with Crippen molar-refractivity contribution in [2.45, 2.75) is 46.0 Å². The van der Waals surface area contributed by atoms with Crippen molar-refractivity contribution in [2.75, 3.05) is 26.2 Å². The van der Waals surface area contributed by atoms with Crippen LogP contribution in [0.15, 0.2) is 42.6 Å². The van der Waals surface area contributed by atoms with Crippen molar-refractivity contribution in [3.63, 3.8) is 0 Å². The van der Waals surface area contributed by atoms with Gasteiger partial charge in [-0.1, -0.05) is 31.5 Å². The van der Waals surface area contributed by atoms with Gasteiger partial charge in [-0.15, -0.1) is 0 Å². The minimum absolute atomic E-state index is 0.228. The van der Waals surface area contributed by atoms with Crippen molar-refractivity contribution in [1.82, 2.24) is 9.88 Å². The third kappa shape index (κ3) is 6.75. The second-order valence-corrected chi connectivity index (χ2v) is 9.61. The van der Waals surface area contributed by atoms with Crippen molar-refractivity contribution < 1.29 is 14.3 Å². The van der Waals surface area contributed by atoms with Crippen molar-refractivity contribution >= 4 is 34.0 Å². The van der Waals surface area contributed by atoms with Gasteiger partial charge in [0.05, 0.1) is 18.7 Å². The number of carbonyl (C=O) groups is 1. The first-order valence-electron chi connectivity index (χ1n) is 12.6. The van der Waals surface area contributed by atoms with Gasteiger partial charge in [-0.2, -0.15) is 0 Å². The van der Waals surface area contributed by atoms with Crippen LogP contribution < -0.4 is 9.47 Å². The second-order valence-electron chi connectivity index (χ2n) is 9.21. The number of hydrogen-bond donors (Lipinski definition) is 0. The number of pyridine rings is 1. The summed E-state index contributed by atoms with van der Waals surface area (Å²) in [5.74, 6) is 2.46. The van der Waals surface area contributed by atoms with Crippen molar-refractivity contribution in [2.24, 2.45) is 5.92 Å². The van der Waals surface area contributed by atoms with Gasteiger partial charge in [-0.05, 0) is 74.2 Å². The molecule has 1 fully saturated rings. The molecule has 7 heteroatoms. The summed E-state index contributed by atoms with van der Waals surface area (Å²) in [7, 11) is 0. The van der Waals surface area contributed by atoms with Gasteiger partial charge in [0.25, 0.3) is 0 Å². The molecule has 1 saturated carbocycles. The van der Waals surface area contributed by atoms with Crippen LogP contribution in [0.1, 0.15) is 45.1 Å². The van der Waals surface area contributed by atoms with Crippen LogP contribution in [-0.2, 0) is 11.2 Å². The summed E-state index contributed by atoms with van der Waals surface area (Å²) < 4.78 is 12.1. The number of ether oxygens (including phenoxy) is 2. The van der Waals surface area contributed by atoms with E-state index in [0.717, 1.165) is 49.8 Å². The molecule has 0 spiro atoms. The first-order chi connectivity index (χ1) is 17.5. The molecular formula is C29H32ClN3O3. The highest BCUT2D eigenvalue weighted by Crippen LogP contribution is 2.38. The molecule has 0 amide bonds. The molecule has 1 aliphatic carbocycles. The third-order valence-corrected chi connectivity index (χ3v) is 6.88. The highest BCUT2D eigenvalue weighted by Gasteiger charge is 2.24. The molecule has 0 radical (unpaired) electrons. The van der Waals surface area contributed by atoms with Gasteiger partial charge in [0, 0.05) is 36.0 Å². The molecule has 0 bridgehead atoms. The zero-order chi connectivity index (χ0) is 25.5. The fourth-order valence-corrected chi connectivity index (χ4v) is 4.47. The summed E-state index contributed by atoms with van der Waals surface area (Å²) >= 11 is 6.47. The lowest BCUT2D eigenvalue weighted by Crippen LogP contribution is -2.25. The van der Waals surface area contributed by atoms with E-state index >= 15 is 0 Å². The van der Waals surface area contributed by atoms with Crippen LogP contribution in [0.4, 0.5) is 5.69 Å². The molecule has 0 aliphatic heterocycles. The van der Waals surface area contributed by atoms with E-state index in [9.17, 15) is 4.79 Å². The summed E-state index contributed by atoms with van der Waals surface area (Å²) in [6.07, 6.45) is 5.86. The molecule has 6 nitrogen and oxygen atoms in total. The number of aromatic nitrogens is 1. The Bertz CT molecular complexity index is 1260. The maximum Gasteiger partial charge on any atom is 0.229 e. The number of fused-ring (bicyclic) bond motifs is 1. The maximum absolute atomic E-state index is 12.2. The summed E-state index contributed by atoms with van der Waals surface area (Å²) in [6, 6.07) is 10.7. The molecular weight excluding hydrogens is 474 g/mol. The Kier molecular flexibility index (Phi) is 8.79. The predicted octanol–water partition coefficient (Wildman–Crippen LogP) is 7.25. The number of carbonyl (C=O) groups excluding carboxylic acids is 1. The van der Waals surface area contributed by atoms with Gasteiger partial charge < -0.3 is 14.4 Å². The van der Waals surface area contributed by atoms with Crippen molar-refractivity contribution in [1.29, 1.82) is 0 Å². The molecule has 0 unspecified atom stereocenters. The van der Waals surface area contributed by atoms with Gasteiger partial charge >= 0.3 is 0 Å². The number of halogens is 1. The predicted molar refractivity (Wildman–Crippen MR) is 143 cm³/mol. The molecule has 0 N–H and O–H groups in total. The SMILES string of the molecule is [C-]#[N+]c1cc2c(Oc3ccc(CC(=O)CC4CC4)c(Cl)c3)ccnc2cc1OCCCN(CC)CC. The zero-order valence-electron chi connectivity index (χ0n) is 20.9. The Balaban J connectivity index is 1.47. The summed E-state index contributed by atoms with van der Waals surface area (Å²) in [6.45, 7) is 15.5. The molecule has 188 valence electrons. The van der Waals surface area contributed by atoms with E-state index in [0.29, 0.717) is 58.8 Å². The van der Waals surface area contributed by atoms with E-state index in [1.165, 1.54) is 0 Å². The number of rotatable bonds is 13. The van der Waals surface area contributed by atoms with E-state index in [2.05, 4.69) is 28.6 Å². The zero-order valence-corrected chi connectivity index (χ0v) is 21.7. The Labute approximate surface area is 218 Å². The summed E-state index contributed by atoms with van der Waals surface area (Å²) in [5, 5.41) is 1.23. The van der Waals surface area contributed by atoms with Crippen LogP contribution in [0, 0.1) is 12.5 Å². The van der Waals surface area contributed by atoms with Crippen LogP contribution in [0.5, 0.6) is 17.2 Å². The number of ketones is 1. The number of hydrogen-bond acceptors (Lipinski definition) is 5. The van der Waals surface area contributed by atoms with E-state index in [-0.39, 0.29) is 5.78 Å². The fraction of sp³-hybridized carbons (Fsp3) is 0.414. The van der Waals surface area contributed by atoms with E-state index in [4.69, 9.17) is 27.6 Å². The average molecular weight is 506 g/mol. The monoisotopic (exact) mass is 505 g/mol. The average Bonchev–Trinajstić information content (AvgIpc) is 3.69. The smallest absolute Gasteiger partial charge is 0.229 e. The Morgan fingerprint density at radius 2 is 1.97 bits per heavy atom. The van der Waals surface area contributed by atoms with Crippen molar-refractivity contribution in [3.05, 3.63) is 64.6 Å². The molecule has 3 aromatic rings. The van der Waals surface area contributed by atoms with Crippen LogP contribution in [0.2, 0.25) is 5.02 Å². The molecule has 36 heavy (non-hydrogen) atoms. The molecule has 2 aromatic carbocycles. The van der Waals surface area contributed by atoms with Crippen LogP contribution >= 0.6 is 11.6 Å². The standard InChI is InChI=1S/C29H32ClN3O3/c1-4-33(5-2)13-6-14-35-29-19-26-24(18-27(29)31-3)28(11-12-32-26)36-23-10-9-21(25(30)17-23)16-22(34)15-20-7-8-20/h9-12,17-20H,4-8,13-16H2,1-2H3. The number of benzene rings is 2. The summed E-state index contributed by atoms with van der Waals surface area (Å²) in [4.78, 5) is 22.7. The minimum atomic E-state index is 0.228. The molecule has 1 heterocycles. The van der Waals surface area contributed by atoms with Gasteiger partial charge in [-0.25, -0.2) is 4.85 Å². The lowest BCUT2D eigenvalue weighted by molar-refractivity contribution is -0.118. The first kappa shape index (κ1) is 25.9. The van der Waals surface area contributed by atoms with Gasteiger partial charge in [0.2, 0.25) is 5.69 Å². The van der Waals surface area contributed by atoms with Crippen LogP contribution in [0.3, 0.4) is 0 Å². The van der Waals surface area contributed by atoms with Crippen molar-refractivity contribution in [3.8, 4) is 17.2 Å². The van der Waals surface area contributed by atoms with Gasteiger partial charge in [0.15, 0.2) is 0 Å². The molecule has 0 atom stereocenters. The van der Waals surface area contributed by atoms with Gasteiger partial charge in [-0.3, -0.25) is 9.78 Å².